The van der Waals surface area contributed by atoms with Gasteiger partial charge >= 0.3 is 5.97 Å². The number of nitrogens with zero attached hydrogens (tertiary/aromatic N) is 2. The first kappa shape index (κ1) is 14.5. The fourth-order valence-electron chi connectivity index (χ4n) is 1.83. The zero-order valence-corrected chi connectivity index (χ0v) is 11.4. The van der Waals surface area contributed by atoms with Gasteiger partial charge < -0.3 is 15.0 Å². The van der Waals surface area contributed by atoms with E-state index in [1.54, 1.807) is 41.5 Å². The van der Waals surface area contributed by atoms with Gasteiger partial charge in [-0.1, -0.05) is 18.2 Å². The Morgan fingerprint density at radius 1 is 1.38 bits per heavy atom. The van der Waals surface area contributed by atoms with E-state index >= 15 is 0 Å². The van der Waals surface area contributed by atoms with Gasteiger partial charge in [-0.25, -0.2) is 9.78 Å². The summed E-state index contributed by atoms with van der Waals surface area (Å²) in [5.41, 5.74) is 0.639. The van der Waals surface area contributed by atoms with E-state index in [-0.39, 0.29) is 17.6 Å². The number of imidazole rings is 1. The molecule has 0 radical (unpaired) electrons. The smallest absolute Gasteiger partial charge is 0.336 e. The second-order valence-electron chi connectivity index (χ2n) is 4.42. The number of nitrogens with one attached hydrogen (secondary N) is 1. The molecule has 1 aromatic carbocycles. The van der Waals surface area contributed by atoms with Gasteiger partial charge in [-0.05, 0) is 24.6 Å². The number of carboxylic acid groups (broad SMARTS) is 1. The minimum Gasteiger partial charge on any atom is -0.478 e. The Bertz CT molecular complexity index is 663. The second-order valence-corrected chi connectivity index (χ2v) is 4.42. The van der Waals surface area contributed by atoms with Crippen molar-refractivity contribution in [1.29, 1.82) is 0 Å². The highest BCUT2D eigenvalue weighted by atomic mass is 16.4. The van der Waals surface area contributed by atoms with Crippen LogP contribution in [0.2, 0.25) is 0 Å². The molecule has 1 heterocycles. The highest BCUT2D eigenvalue weighted by Crippen LogP contribution is 2.10. The number of aromatic carboxylic acids is 1. The maximum atomic E-state index is 11.8. The van der Waals surface area contributed by atoms with Gasteiger partial charge in [0.15, 0.2) is 0 Å². The molecular weight excluding hydrogens is 270 g/mol. The molecule has 1 unspecified atom stereocenters. The van der Waals surface area contributed by atoms with Crippen LogP contribution in [-0.2, 0) is 4.79 Å². The number of carbonyl (C=O) groups is 2. The molecule has 21 heavy (non-hydrogen) atoms. The van der Waals surface area contributed by atoms with Gasteiger partial charge in [-0.3, -0.25) is 4.79 Å². The van der Waals surface area contributed by atoms with E-state index in [1.165, 1.54) is 18.2 Å². The minimum atomic E-state index is -1.03. The predicted octanol–water partition coefficient (Wildman–Crippen LogP) is 1.93. The lowest BCUT2D eigenvalue weighted by Gasteiger charge is -2.13. The maximum Gasteiger partial charge on any atom is 0.336 e. The molecule has 108 valence electrons. The van der Waals surface area contributed by atoms with Crippen LogP contribution in [0.5, 0.6) is 0 Å². The molecule has 0 spiro atoms. The Kier molecular flexibility index (Phi) is 4.50. The third-order valence-electron chi connectivity index (χ3n) is 2.93. The van der Waals surface area contributed by atoms with Crippen molar-refractivity contribution in [2.75, 3.05) is 0 Å². The molecular formula is C15H15N3O3. The van der Waals surface area contributed by atoms with Crippen molar-refractivity contribution in [3.63, 3.8) is 0 Å². The van der Waals surface area contributed by atoms with Crippen molar-refractivity contribution in [2.24, 2.45) is 0 Å². The lowest BCUT2D eigenvalue weighted by atomic mass is 10.1. The molecule has 0 aliphatic heterocycles. The van der Waals surface area contributed by atoms with Gasteiger partial charge in [0.2, 0.25) is 5.91 Å². The van der Waals surface area contributed by atoms with Crippen molar-refractivity contribution < 1.29 is 14.7 Å². The lowest BCUT2D eigenvalue weighted by molar-refractivity contribution is -0.117. The normalized spacial score (nSPS) is 12.2. The number of rotatable bonds is 5. The molecule has 0 fully saturated rings. The first-order valence-electron chi connectivity index (χ1n) is 6.36. The fraction of sp³-hybridized carbons (Fsp3) is 0.133. The number of amides is 1. The zero-order valence-electron chi connectivity index (χ0n) is 11.4. The van der Waals surface area contributed by atoms with Crippen LogP contribution in [0, 0.1) is 0 Å². The Morgan fingerprint density at radius 2 is 2.14 bits per heavy atom. The first-order chi connectivity index (χ1) is 10.1. The largest absolute Gasteiger partial charge is 0.478 e. The van der Waals surface area contributed by atoms with Gasteiger partial charge in [0, 0.05) is 18.5 Å². The third-order valence-corrected chi connectivity index (χ3v) is 2.93. The molecule has 6 nitrogen and oxygen atoms in total. The molecule has 6 heteroatoms. The van der Waals surface area contributed by atoms with Crippen molar-refractivity contribution in [2.45, 2.75) is 13.1 Å². The quantitative estimate of drug-likeness (QED) is 0.822. The summed E-state index contributed by atoms with van der Waals surface area (Å²) < 4.78 is 1.75. The lowest BCUT2D eigenvalue weighted by Crippen LogP contribution is -2.28. The molecule has 0 aliphatic rings. The van der Waals surface area contributed by atoms with Gasteiger partial charge in [-0.15, -0.1) is 0 Å². The Hall–Kier alpha value is -2.89. The van der Waals surface area contributed by atoms with Crippen LogP contribution in [0.1, 0.15) is 29.0 Å². The molecule has 2 rings (SSSR count). The minimum absolute atomic E-state index is 0.157. The van der Waals surface area contributed by atoms with Gasteiger partial charge in [0.1, 0.15) is 6.17 Å². The molecule has 0 saturated heterocycles. The fourth-order valence-corrected chi connectivity index (χ4v) is 1.83. The third kappa shape index (κ3) is 3.79. The summed E-state index contributed by atoms with van der Waals surface area (Å²) in [6, 6.07) is 6.50. The summed E-state index contributed by atoms with van der Waals surface area (Å²) in [6.07, 6.45) is 7.54. The van der Waals surface area contributed by atoms with Crippen LogP contribution in [0.25, 0.3) is 6.08 Å². The van der Waals surface area contributed by atoms with Crippen LogP contribution < -0.4 is 5.32 Å². The average molecular weight is 285 g/mol. The molecule has 2 aromatic rings. The van der Waals surface area contributed by atoms with Crippen molar-refractivity contribution in [3.8, 4) is 0 Å². The molecule has 1 aromatic heterocycles. The molecule has 1 atom stereocenters. The molecule has 0 aliphatic carbocycles. The van der Waals surface area contributed by atoms with Gasteiger partial charge in [0.05, 0.1) is 11.9 Å². The molecule has 0 saturated carbocycles. The topological polar surface area (TPSA) is 84.2 Å². The molecule has 2 N–H and O–H groups in total. The van der Waals surface area contributed by atoms with Crippen molar-refractivity contribution in [1.82, 2.24) is 14.9 Å². The Labute approximate surface area is 121 Å². The summed E-state index contributed by atoms with van der Waals surface area (Å²) in [5, 5.41) is 11.8. The predicted molar refractivity (Wildman–Crippen MR) is 77.5 cm³/mol. The van der Waals surface area contributed by atoms with Crippen LogP contribution in [0.15, 0.2) is 49.1 Å². The average Bonchev–Trinajstić information content (AvgIpc) is 2.99. The number of benzene rings is 1. The van der Waals surface area contributed by atoms with E-state index in [4.69, 9.17) is 5.11 Å². The number of hydrogen-bond donors (Lipinski definition) is 2. The maximum absolute atomic E-state index is 11.8. The number of carbonyl (C=O) groups excluding carboxylic acids is 1. The summed E-state index contributed by atoms with van der Waals surface area (Å²) in [6.45, 7) is 1.82. The number of carboxylic acids is 1. The van der Waals surface area contributed by atoms with E-state index in [0.29, 0.717) is 5.56 Å². The summed E-state index contributed by atoms with van der Waals surface area (Å²) in [4.78, 5) is 26.8. The molecule has 0 bridgehead atoms. The van der Waals surface area contributed by atoms with E-state index in [0.717, 1.165) is 0 Å². The highest BCUT2D eigenvalue weighted by molar-refractivity contribution is 5.96. The Morgan fingerprint density at radius 3 is 2.81 bits per heavy atom. The van der Waals surface area contributed by atoms with Gasteiger partial charge in [0.25, 0.3) is 0 Å². The zero-order chi connectivity index (χ0) is 15.2. The number of aromatic nitrogens is 2. The monoisotopic (exact) mass is 285 g/mol. The SMILES string of the molecule is CC(NC(=O)C=Cc1ccccc1C(=O)O)n1ccnc1. The van der Waals surface area contributed by atoms with E-state index in [2.05, 4.69) is 10.3 Å². The highest BCUT2D eigenvalue weighted by Gasteiger charge is 2.08. The van der Waals surface area contributed by atoms with E-state index < -0.39 is 5.97 Å². The number of hydrogen-bond acceptors (Lipinski definition) is 3. The van der Waals surface area contributed by atoms with Gasteiger partial charge in [-0.2, -0.15) is 0 Å². The van der Waals surface area contributed by atoms with Crippen molar-refractivity contribution >= 4 is 18.0 Å². The standard InChI is InChI=1S/C15H15N3O3/c1-11(18-9-8-16-10-18)17-14(19)7-6-12-4-2-3-5-13(12)15(20)21/h2-11H,1H3,(H,17,19)(H,20,21). The van der Waals surface area contributed by atoms with Crippen LogP contribution in [-0.4, -0.2) is 26.5 Å². The summed E-state index contributed by atoms with van der Waals surface area (Å²) in [5.74, 6) is -1.33. The molecule has 1 amide bonds. The first-order valence-corrected chi connectivity index (χ1v) is 6.36. The van der Waals surface area contributed by atoms with Crippen molar-refractivity contribution in [3.05, 3.63) is 60.2 Å². The summed E-state index contributed by atoms with van der Waals surface area (Å²) in [7, 11) is 0. The Balaban J connectivity index is 2.04. The van der Waals surface area contributed by atoms with E-state index in [1.807, 2.05) is 6.92 Å². The summed E-state index contributed by atoms with van der Waals surface area (Å²) >= 11 is 0. The van der Waals surface area contributed by atoms with Crippen LogP contribution >= 0.6 is 0 Å². The van der Waals surface area contributed by atoms with Crippen LogP contribution in [0.3, 0.4) is 0 Å². The van der Waals surface area contributed by atoms with Crippen LogP contribution in [0.4, 0.5) is 0 Å². The second kappa shape index (κ2) is 6.51. The van der Waals surface area contributed by atoms with E-state index in [9.17, 15) is 9.59 Å².